The fraction of sp³-hybridized carbons (Fsp3) is 0.900. The zero-order chi connectivity index (χ0) is 13.5. The molecule has 1 aliphatic rings. The largest absolute Gasteiger partial charge is 0.444 e. The summed E-state index contributed by atoms with van der Waals surface area (Å²) in [6.07, 6.45) is -1.49. The van der Waals surface area contributed by atoms with Crippen LogP contribution in [0.4, 0.5) is 13.6 Å². The maximum absolute atomic E-state index is 13.3. The van der Waals surface area contributed by atoms with Gasteiger partial charge in [0.05, 0.1) is 6.54 Å². The minimum absolute atomic E-state index is 0.183. The van der Waals surface area contributed by atoms with E-state index in [1.54, 1.807) is 20.8 Å². The number of hydrogen-bond acceptors (Lipinski definition) is 4. The van der Waals surface area contributed by atoms with E-state index in [1.165, 1.54) is 0 Å². The second kappa shape index (κ2) is 4.06. The number of likely N-dealkylation sites (tertiary alicyclic amines) is 1. The van der Waals surface area contributed by atoms with Gasteiger partial charge in [-0.15, -0.1) is 0 Å². The number of aliphatic hydroxyl groups is 2. The van der Waals surface area contributed by atoms with Gasteiger partial charge in [0.1, 0.15) is 5.60 Å². The fourth-order valence-corrected chi connectivity index (χ4v) is 1.40. The third-order valence-electron chi connectivity index (χ3n) is 2.36. The van der Waals surface area contributed by atoms with Crippen molar-refractivity contribution in [2.24, 2.45) is 0 Å². The van der Waals surface area contributed by atoms with Gasteiger partial charge in [0, 0.05) is 13.0 Å². The summed E-state index contributed by atoms with van der Waals surface area (Å²) < 4.78 is 31.5. The first kappa shape index (κ1) is 14.1. The number of nitrogens with zero attached hydrogens (tertiary/aromatic N) is 1. The maximum atomic E-state index is 13.3. The zero-order valence-corrected chi connectivity index (χ0v) is 10.0. The van der Waals surface area contributed by atoms with E-state index in [0.29, 0.717) is 0 Å². The van der Waals surface area contributed by atoms with Crippen molar-refractivity contribution in [1.29, 1.82) is 0 Å². The molecule has 0 aromatic rings. The number of amides is 1. The average Bonchev–Trinajstić information content (AvgIpc) is 2.06. The van der Waals surface area contributed by atoms with Crippen molar-refractivity contribution in [2.75, 3.05) is 13.1 Å². The Morgan fingerprint density at radius 2 is 1.88 bits per heavy atom. The Balaban J connectivity index is 2.69. The van der Waals surface area contributed by atoms with Crippen LogP contribution in [0.3, 0.4) is 0 Å². The number of halogens is 2. The number of carbonyl (C=O) groups excluding carboxylic acids is 1. The summed E-state index contributed by atoms with van der Waals surface area (Å²) in [5, 5.41) is 18.1. The molecule has 0 saturated carbocycles. The Kier molecular flexibility index (Phi) is 3.37. The predicted molar refractivity (Wildman–Crippen MR) is 54.5 cm³/mol. The first-order chi connectivity index (χ1) is 7.45. The Morgan fingerprint density at radius 1 is 1.35 bits per heavy atom. The summed E-state index contributed by atoms with van der Waals surface area (Å²) in [6, 6.07) is 0. The minimum atomic E-state index is -3.76. The molecule has 0 unspecified atom stereocenters. The molecule has 0 aromatic carbocycles. The molecule has 0 aliphatic carbocycles. The number of piperidine rings is 1. The van der Waals surface area contributed by atoms with E-state index in [4.69, 9.17) is 14.9 Å². The second-order valence-electron chi connectivity index (χ2n) is 5.17. The lowest BCUT2D eigenvalue weighted by Crippen LogP contribution is -2.61. The van der Waals surface area contributed by atoms with Crippen LogP contribution in [-0.2, 0) is 4.74 Å². The van der Waals surface area contributed by atoms with Gasteiger partial charge in [-0.05, 0) is 20.8 Å². The van der Waals surface area contributed by atoms with Crippen LogP contribution in [-0.4, -0.2) is 51.6 Å². The molecule has 2 N–H and O–H groups in total. The summed E-state index contributed by atoms with van der Waals surface area (Å²) in [4.78, 5) is 12.3. The van der Waals surface area contributed by atoms with Gasteiger partial charge in [-0.25, -0.2) is 4.79 Å². The van der Waals surface area contributed by atoms with E-state index >= 15 is 0 Å². The van der Waals surface area contributed by atoms with Crippen molar-refractivity contribution < 1.29 is 28.5 Å². The molecular weight excluding hydrogens is 236 g/mol. The van der Waals surface area contributed by atoms with E-state index in [2.05, 4.69) is 0 Å². The molecule has 17 heavy (non-hydrogen) atoms. The van der Waals surface area contributed by atoms with Gasteiger partial charge in [0.25, 0.3) is 0 Å². The van der Waals surface area contributed by atoms with Crippen molar-refractivity contribution >= 4 is 6.09 Å². The SMILES string of the molecule is CC(C)(C)OC(=O)N1CCC(O)(O)C(F)(F)C1. The van der Waals surface area contributed by atoms with Gasteiger partial charge < -0.3 is 19.8 Å². The van der Waals surface area contributed by atoms with Crippen LogP contribution in [0.5, 0.6) is 0 Å². The van der Waals surface area contributed by atoms with Gasteiger partial charge in [-0.1, -0.05) is 0 Å². The van der Waals surface area contributed by atoms with Crippen LogP contribution < -0.4 is 0 Å². The minimum Gasteiger partial charge on any atom is -0.444 e. The molecule has 100 valence electrons. The molecule has 1 rings (SSSR count). The van der Waals surface area contributed by atoms with Gasteiger partial charge in [-0.2, -0.15) is 8.78 Å². The maximum Gasteiger partial charge on any atom is 0.410 e. The van der Waals surface area contributed by atoms with Crippen LogP contribution in [0, 0.1) is 0 Å². The normalized spacial score (nSPS) is 23.4. The van der Waals surface area contributed by atoms with E-state index in [1.807, 2.05) is 0 Å². The van der Waals surface area contributed by atoms with Crippen molar-refractivity contribution in [3.63, 3.8) is 0 Å². The highest BCUT2D eigenvalue weighted by atomic mass is 19.3. The van der Waals surface area contributed by atoms with Crippen LogP contribution in [0.25, 0.3) is 0 Å². The molecule has 1 amide bonds. The number of carbonyl (C=O) groups is 1. The third kappa shape index (κ3) is 3.26. The van der Waals surface area contributed by atoms with E-state index in [9.17, 15) is 13.6 Å². The average molecular weight is 253 g/mol. The zero-order valence-electron chi connectivity index (χ0n) is 10.0. The van der Waals surface area contributed by atoms with Crippen LogP contribution in [0.15, 0.2) is 0 Å². The predicted octanol–water partition coefficient (Wildman–Crippen LogP) is 0.943. The quantitative estimate of drug-likeness (QED) is 0.630. The molecular formula is C10H17F2NO4. The standard InChI is InChI=1S/C10H17F2NO4/c1-8(2,3)17-7(14)13-5-4-10(15,16)9(11,12)6-13/h15-16H,4-6H2,1-3H3. The third-order valence-corrected chi connectivity index (χ3v) is 2.36. The second-order valence-corrected chi connectivity index (χ2v) is 5.17. The van der Waals surface area contributed by atoms with E-state index in [0.717, 1.165) is 4.90 Å². The molecule has 0 bridgehead atoms. The monoisotopic (exact) mass is 253 g/mol. The number of rotatable bonds is 0. The highest BCUT2D eigenvalue weighted by Crippen LogP contribution is 2.34. The first-order valence-electron chi connectivity index (χ1n) is 5.25. The molecule has 5 nitrogen and oxygen atoms in total. The summed E-state index contributed by atoms with van der Waals surface area (Å²) in [6.45, 7) is 3.62. The molecule has 1 heterocycles. The molecule has 7 heteroatoms. The highest BCUT2D eigenvalue weighted by Gasteiger charge is 2.56. The van der Waals surface area contributed by atoms with E-state index in [-0.39, 0.29) is 6.54 Å². The molecule has 0 atom stereocenters. The van der Waals surface area contributed by atoms with Crippen molar-refractivity contribution in [3.8, 4) is 0 Å². The fourth-order valence-electron chi connectivity index (χ4n) is 1.40. The molecule has 0 spiro atoms. The van der Waals surface area contributed by atoms with Gasteiger partial charge in [0.15, 0.2) is 0 Å². The van der Waals surface area contributed by atoms with Crippen LogP contribution in [0.2, 0.25) is 0 Å². The highest BCUT2D eigenvalue weighted by molar-refractivity contribution is 5.68. The lowest BCUT2D eigenvalue weighted by Gasteiger charge is -2.40. The molecule has 0 aromatic heterocycles. The topological polar surface area (TPSA) is 70.0 Å². The number of ether oxygens (including phenoxy) is 1. The molecule has 1 fully saturated rings. The van der Waals surface area contributed by atoms with Crippen molar-refractivity contribution in [1.82, 2.24) is 4.90 Å². The Labute approximate surface area is 98.0 Å². The van der Waals surface area contributed by atoms with Crippen LogP contribution >= 0.6 is 0 Å². The lowest BCUT2D eigenvalue weighted by atomic mass is 10.00. The number of alkyl halides is 2. The molecule has 1 saturated heterocycles. The van der Waals surface area contributed by atoms with Gasteiger partial charge in [-0.3, -0.25) is 0 Å². The van der Waals surface area contributed by atoms with E-state index < -0.39 is 36.4 Å². The Hall–Kier alpha value is -0.950. The molecule has 0 radical (unpaired) electrons. The van der Waals surface area contributed by atoms with Crippen molar-refractivity contribution in [2.45, 2.75) is 44.5 Å². The smallest absolute Gasteiger partial charge is 0.410 e. The van der Waals surface area contributed by atoms with Gasteiger partial charge in [0.2, 0.25) is 5.79 Å². The van der Waals surface area contributed by atoms with Crippen molar-refractivity contribution in [3.05, 3.63) is 0 Å². The Morgan fingerprint density at radius 3 is 2.29 bits per heavy atom. The lowest BCUT2D eigenvalue weighted by molar-refractivity contribution is -0.315. The summed E-state index contributed by atoms with van der Waals surface area (Å²) in [5.41, 5.74) is -0.778. The summed E-state index contributed by atoms with van der Waals surface area (Å²) >= 11 is 0. The van der Waals surface area contributed by atoms with Crippen LogP contribution in [0.1, 0.15) is 27.2 Å². The van der Waals surface area contributed by atoms with Gasteiger partial charge >= 0.3 is 12.0 Å². The molecule has 1 aliphatic heterocycles. The summed E-state index contributed by atoms with van der Waals surface area (Å²) in [7, 11) is 0. The Bertz CT molecular complexity index is 312. The summed E-state index contributed by atoms with van der Waals surface area (Å²) in [5.74, 6) is -6.83. The number of hydrogen-bond donors (Lipinski definition) is 2. The first-order valence-corrected chi connectivity index (χ1v) is 5.25.